The third-order valence-electron chi connectivity index (χ3n) is 12.5. The second-order valence-corrected chi connectivity index (χ2v) is 19.0. The maximum atomic E-state index is 12.5. The lowest BCUT2D eigenvalue weighted by Gasteiger charge is -2.19. The van der Waals surface area contributed by atoms with E-state index in [1.807, 2.05) is 6.08 Å². The molecule has 0 saturated carbocycles. The standard InChI is InChI=1S/C63H109NO3/c1-3-5-7-9-11-13-15-17-19-21-22-23-24-25-26-27-28-29-30-31-32-33-34-35-36-37-38-39-40-41-42-43-45-47-49-51-53-55-57-59-63(67)64-61(60-65)62(66)58-56-54-52-50-48-46-44-20-18-16-14-12-10-8-6-4-2/h5,7,11,13,17,19,22-23,25-26,28-29,31-32,48,50,56,58,61-62,65-66H,3-4,6,8-10,12,14-16,18,20-21,24,27,30,33-47,49,51-55,57,59-60H2,1-2H3,(H,64,67)/b7-5-,13-11-,19-17-,23-22-,26-25-,29-28-,32-31-,50-48+,58-56+. The van der Waals surface area contributed by atoms with Gasteiger partial charge in [0.25, 0.3) is 0 Å². The van der Waals surface area contributed by atoms with Crippen LogP contribution in [0, 0.1) is 0 Å². The van der Waals surface area contributed by atoms with E-state index >= 15 is 0 Å². The van der Waals surface area contributed by atoms with Gasteiger partial charge in [-0.2, -0.15) is 0 Å². The molecule has 67 heavy (non-hydrogen) atoms. The van der Waals surface area contributed by atoms with Gasteiger partial charge in [-0.15, -0.1) is 0 Å². The minimum absolute atomic E-state index is 0.0752. The minimum atomic E-state index is -0.866. The van der Waals surface area contributed by atoms with Crippen LogP contribution in [0.2, 0.25) is 0 Å². The molecule has 0 aliphatic heterocycles. The molecule has 0 aliphatic carbocycles. The van der Waals surface area contributed by atoms with Crippen LogP contribution in [0.3, 0.4) is 0 Å². The first-order valence-electron chi connectivity index (χ1n) is 28.6. The van der Waals surface area contributed by atoms with Gasteiger partial charge < -0.3 is 15.5 Å². The molecule has 0 aromatic rings. The molecular formula is C63H109NO3. The summed E-state index contributed by atoms with van der Waals surface area (Å²) in [6, 6.07) is -0.643. The Morgan fingerprint density at radius 1 is 0.373 bits per heavy atom. The predicted octanol–water partition coefficient (Wildman–Crippen LogP) is 19.1. The van der Waals surface area contributed by atoms with Gasteiger partial charge >= 0.3 is 0 Å². The molecule has 3 N–H and O–H groups in total. The van der Waals surface area contributed by atoms with Crippen molar-refractivity contribution in [3.63, 3.8) is 0 Å². The number of nitrogens with one attached hydrogen (secondary N) is 1. The van der Waals surface area contributed by atoms with Crippen molar-refractivity contribution >= 4 is 5.91 Å². The largest absolute Gasteiger partial charge is 0.394 e. The fraction of sp³-hybridized carbons (Fsp3) is 0.698. The van der Waals surface area contributed by atoms with Crippen molar-refractivity contribution in [1.29, 1.82) is 0 Å². The van der Waals surface area contributed by atoms with Crippen LogP contribution >= 0.6 is 0 Å². The number of carbonyl (C=O) groups excluding carboxylic acids is 1. The van der Waals surface area contributed by atoms with Gasteiger partial charge in [0.2, 0.25) is 5.91 Å². The number of unbranched alkanes of at least 4 members (excludes halogenated alkanes) is 28. The van der Waals surface area contributed by atoms with Crippen LogP contribution in [-0.4, -0.2) is 34.9 Å². The van der Waals surface area contributed by atoms with Crippen molar-refractivity contribution in [2.45, 2.75) is 276 Å². The molecule has 0 spiro atoms. The fourth-order valence-electron chi connectivity index (χ4n) is 8.18. The molecule has 0 aromatic carbocycles. The maximum absolute atomic E-state index is 12.5. The topological polar surface area (TPSA) is 69.6 Å². The number of hydrogen-bond acceptors (Lipinski definition) is 3. The highest BCUT2D eigenvalue weighted by molar-refractivity contribution is 5.76. The van der Waals surface area contributed by atoms with E-state index < -0.39 is 12.1 Å². The van der Waals surface area contributed by atoms with Gasteiger partial charge in [-0.25, -0.2) is 0 Å². The number of amides is 1. The molecule has 4 nitrogen and oxygen atoms in total. The third kappa shape index (κ3) is 53.9. The zero-order valence-electron chi connectivity index (χ0n) is 44.1. The Kier molecular flexibility index (Phi) is 54.8. The van der Waals surface area contributed by atoms with Crippen molar-refractivity contribution < 1.29 is 15.0 Å². The lowest BCUT2D eigenvalue weighted by atomic mass is 10.0. The number of aliphatic hydroxyl groups is 2. The van der Waals surface area contributed by atoms with Gasteiger partial charge in [-0.3, -0.25) is 4.79 Å². The number of hydrogen-bond donors (Lipinski definition) is 3. The summed E-state index contributed by atoms with van der Waals surface area (Å²) in [6.07, 6.45) is 86.8. The molecule has 384 valence electrons. The van der Waals surface area contributed by atoms with E-state index in [1.165, 1.54) is 167 Å². The van der Waals surface area contributed by atoms with Gasteiger partial charge in [0, 0.05) is 6.42 Å². The molecule has 0 radical (unpaired) electrons. The number of allylic oxidation sites excluding steroid dienone is 17. The van der Waals surface area contributed by atoms with E-state index in [2.05, 4.69) is 116 Å². The maximum Gasteiger partial charge on any atom is 0.220 e. The highest BCUT2D eigenvalue weighted by Crippen LogP contribution is 2.16. The summed E-state index contributed by atoms with van der Waals surface area (Å²) in [5, 5.41) is 23.1. The Morgan fingerprint density at radius 3 is 1.04 bits per heavy atom. The van der Waals surface area contributed by atoms with E-state index in [0.29, 0.717) is 6.42 Å². The second kappa shape index (κ2) is 57.4. The fourth-order valence-corrected chi connectivity index (χ4v) is 8.18. The van der Waals surface area contributed by atoms with Gasteiger partial charge in [-0.1, -0.05) is 277 Å². The second-order valence-electron chi connectivity index (χ2n) is 19.0. The number of rotatable bonds is 51. The molecule has 0 fully saturated rings. The highest BCUT2D eigenvalue weighted by atomic mass is 16.3. The molecule has 0 bridgehead atoms. The lowest BCUT2D eigenvalue weighted by Crippen LogP contribution is -2.45. The molecular weight excluding hydrogens is 819 g/mol. The van der Waals surface area contributed by atoms with E-state index in [9.17, 15) is 15.0 Å². The Balaban J connectivity index is 3.52. The molecule has 1 amide bonds. The zero-order valence-corrected chi connectivity index (χ0v) is 44.1. The Bertz CT molecular complexity index is 1280. The number of aliphatic hydroxyl groups excluding tert-OH is 2. The van der Waals surface area contributed by atoms with Crippen LogP contribution in [-0.2, 0) is 4.79 Å². The van der Waals surface area contributed by atoms with Crippen molar-refractivity contribution in [1.82, 2.24) is 5.32 Å². The van der Waals surface area contributed by atoms with Gasteiger partial charge in [0.1, 0.15) is 0 Å². The Morgan fingerprint density at radius 2 is 0.672 bits per heavy atom. The average Bonchev–Trinajstić information content (AvgIpc) is 3.33. The SMILES string of the molecule is CC/C=C\C/C=C\C/C=C\C/C=C\C/C=C\C/C=C\C/C=C\CCCCCCCCCCCCCCCCCCCC(=O)NC(CO)C(O)/C=C/CC/C=C/CCCCCCCCCCCC. The first-order valence-corrected chi connectivity index (χ1v) is 28.6. The third-order valence-corrected chi connectivity index (χ3v) is 12.5. The minimum Gasteiger partial charge on any atom is -0.394 e. The normalized spacial score (nSPS) is 13.7. The highest BCUT2D eigenvalue weighted by Gasteiger charge is 2.18. The van der Waals surface area contributed by atoms with Crippen LogP contribution in [0.5, 0.6) is 0 Å². The van der Waals surface area contributed by atoms with Gasteiger partial charge in [-0.05, 0) is 89.9 Å². The zero-order chi connectivity index (χ0) is 48.5. The summed E-state index contributed by atoms with van der Waals surface area (Å²) in [6.45, 7) is 4.18. The molecule has 0 heterocycles. The quantitative estimate of drug-likeness (QED) is 0.0420. The van der Waals surface area contributed by atoms with Crippen molar-refractivity contribution in [3.8, 4) is 0 Å². The summed E-state index contributed by atoms with van der Waals surface area (Å²) in [5.41, 5.74) is 0. The van der Waals surface area contributed by atoms with Crippen LogP contribution < -0.4 is 5.32 Å². The summed E-state index contributed by atoms with van der Waals surface area (Å²) in [5.74, 6) is -0.0752. The van der Waals surface area contributed by atoms with Crippen LogP contribution in [0.25, 0.3) is 0 Å². The Labute approximate surface area is 416 Å². The van der Waals surface area contributed by atoms with Crippen molar-refractivity contribution in [2.75, 3.05) is 6.61 Å². The van der Waals surface area contributed by atoms with Crippen molar-refractivity contribution in [2.24, 2.45) is 0 Å². The average molecular weight is 929 g/mol. The molecule has 2 unspecified atom stereocenters. The summed E-state index contributed by atoms with van der Waals surface area (Å²) in [4.78, 5) is 12.5. The Hall–Kier alpha value is -2.95. The first-order chi connectivity index (χ1) is 33.2. The van der Waals surface area contributed by atoms with Crippen molar-refractivity contribution in [3.05, 3.63) is 109 Å². The monoisotopic (exact) mass is 928 g/mol. The van der Waals surface area contributed by atoms with E-state index in [-0.39, 0.29) is 12.5 Å². The summed E-state index contributed by atoms with van der Waals surface area (Å²) < 4.78 is 0. The van der Waals surface area contributed by atoms with Gasteiger partial charge in [0.15, 0.2) is 0 Å². The van der Waals surface area contributed by atoms with E-state index in [0.717, 1.165) is 77.0 Å². The molecule has 0 aromatic heterocycles. The van der Waals surface area contributed by atoms with Crippen LogP contribution in [0.1, 0.15) is 264 Å². The molecule has 4 heteroatoms. The summed E-state index contributed by atoms with van der Waals surface area (Å²) >= 11 is 0. The van der Waals surface area contributed by atoms with Gasteiger partial charge in [0.05, 0.1) is 18.8 Å². The summed E-state index contributed by atoms with van der Waals surface area (Å²) in [7, 11) is 0. The van der Waals surface area contributed by atoms with Crippen LogP contribution in [0.15, 0.2) is 109 Å². The van der Waals surface area contributed by atoms with Crippen LogP contribution in [0.4, 0.5) is 0 Å². The molecule has 0 saturated heterocycles. The predicted molar refractivity (Wildman–Crippen MR) is 299 cm³/mol. The number of carbonyl (C=O) groups is 1. The first kappa shape index (κ1) is 64.0. The van der Waals surface area contributed by atoms with E-state index in [1.54, 1.807) is 6.08 Å². The molecule has 0 rings (SSSR count). The van der Waals surface area contributed by atoms with E-state index in [4.69, 9.17) is 0 Å². The lowest BCUT2D eigenvalue weighted by molar-refractivity contribution is -0.123. The molecule has 0 aliphatic rings. The smallest absolute Gasteiger partial charge is 0.220 e. The molecule has 2 atom stereocenters.